The summed E-state index contributed by atoms with van der Waals surface area (Å²) in [6.07, 6.45) is 3.33. The van der Waals surface area contributed by atoms with Crippen LogP contribution in [0.2, 0.25) is 0 Å². The third-order valence-corrected chi connectivity index (χ3v) is 5.45. The predicted octanol–water partition coefficient (Wildman–Crippen LogP) is -0.691. The number of rotatable bonds is 4. The van der Waals surface area contributed by atoms with Crippen molar-refractivity contribution in [2.75, 3.05) is 37.7 Å². The van der Waals surface area contributed by atoms with E-state index in [4.69, 9.17) is 5.11 Å². The van der Waals surface area contributed by atoms with E-state index in [1.165, 1.54) is 11.2 Å². The number of piperazine rings is 1. The van der Waals surface area contributed by atoms with Crippen molar-refractivity contribution in [2.45, 2.75) is 12.2 Å². The van der Waals surface area contributed by atoms with Crippen molar-refractivity contribution in [3.05, 3.63) is 18.5 Å². The van der Waals surface area contributed by atoms with E-state index in [1.807, 2.05) is 4.90 Å². The molecular formula is C11H18N4O3S. The second-order valence-electron chi connectivity index (χ2n) is 4.47. The van der Waals surface area contributed by atoms with Gasteiger partial charge in [-0.1, -0.05) is 0 Å². The smallest absolute Gasteiger partial charge is 0.225 e. The number of hydrogen-bond donors (Lipinski definition) is 1. The third kappa shape index (κ3) is 3.02. The summed E-state index contributed by atoms with van der Waals surface area (Å²) >= 11 is 0. The average Bonchev–Trinajstić information content (AvgIpc) is 2.47. The fourth-order valence-corrected chi connectivity index (χ4v) is 3.32. The summed E-state index contributed by atoms with van der Waals surface area (Å²) in [7, 11) is -3.40. The molecule has 1 unspecified atom stereocenters. The highest BCUT2D eigenvalue weighted by Crippen LogP contribution is 2.15. The van der Waals surface area contributed by atoms with Crippen LogP contribution in [-0.4, -0.2) is 65.8 Å². The number of anilines is 1. The Balaban J connectivity index is 2.00. The van der Waals surface area contributed by atoms with Crippen LogP contribution in [0.15, 0.2) is 18.5 Å². The molecule has 0 bridgehead atoms. The summed E-state index contributed by atoms with van der Waals surface area (Å²) in [6, 6.07) is 1.74. The highest BCUT2D eigenvalue weighted by Gasteiger charge is 2.31. The van der Waals surface area contributed by atoms with Gasteiger partial charge in [0.25, 0.3) is 0 Å². The third-order valence-electron chi connectivity index (χ3n) is 3.20. The van der Waals surface area contributed by atoms with E-state index in [-0.39, 0.29) is 6.61 Å². The highest BCUT2D eigenvalue weighted by atomic mass is 32.2. The van der Waals surface area contributed by atoms with Gasteiger partial charge in [0.15, 0.2) is 0 Å². The Bertz CT molecular complexity index is 500. The first-order valence-electron chi connectivity index (χ1n) is 6.17. The van der Waals surface area contributed by atoms with Gasteiger partial charge >= 0.3 is 0 Å². The summed E-state index contributed by atoms with van der Waals surface area (Å²) < 4.78 is 25.6. The largest absolute Gasteiger partial charge is 0.395 e. The van der Waals surface area contributed by atoms with E-state index in [9.17, 15) is 8.42 Å². The van der Waals surface area contributed by atoms with Gasteiger partial charge in [-0.3, -0.25) is 0 Å². The lowest BCUT2D eigenvalue weighted by Gasteiger charge is -2.34. The first-order chi connectivity index (χ1) is 9.05. The molecule has 1 saturated heterocycles. The van der Waals surface area contributed by atoms with Crippen molar-refractivity contribution in [3.8, 4) is 0 Å². The molecule has 2 heterocycles. The zero-order chi connectivity index (χ0) is 13.9. The van der Waals surface area contributed by atoms with E-state index in [0.29, 0.717) is 32.1 Å². The summed E-state index contributed by atoms with van der Waals surface area (Å²) in [5, 5.41) is 8.24. The fourth-order valence-electron chi connectivity index (χ4n) is 1.95. The van der Waals surface area contributed by atoms with Crippen LogP contribution in [0.3, 0.4) is 0 Å². The molecule has 1 atom stereocenters. The van der Waals surface area contributed by atoms with Crippen LogP contribution in [0.1, 0.15) is 6.92 Å². The van der Waals surface area contributed by atoms with Crippen LogP contribution in [0.5, 0.6) is 0 Å². The van der Waals surface area contributed by atoms with E-state index >= 15 is 0 Å². The van der Waals surface area contributed by atoms with Gasteiger partial charge in [-0.05, 0) is 13.0 Å². The lowest BCUT2D eigenvalue weighted by molar-refractivity contribution is 0.287. The lowest BCUT2D eigenvalue weighted by Crippen LogP contribution is -2.51. The Hall–Kier alpha value is -1.25. The molecule has 0 aromatic carbocycles. The second kappa shape index (κ2) is 5.81. The topological polar surface area (TPSA) is 86.6 Å². The van der Waals surface area contributed by atoms with Gasteiger partial charge in [0.2, 0.25) is 16.0 Å². The molecule has 8 heteroatoms. The van der Waals surface area contributed by atoms with E-state index in [2.05, 4.69) is 9.97 Å². The van der Waals surface area contributed by atoms with Crippen molar-refractivity contribution < 1.29 is 13.5 Å². The zero-order valence-electron chi connectivity index (χ0n) is 10.8. The normalized spacial score (nSPS) is 19.4. The monoisotopic (exact) mass is 286 g/mol. The number of nitrogens with zero attached hydrogens (tertiary/aromatic N) is 4. The molecule has 0 radical (unpaired) electrons. The second-order valence-corrected chi connectivity index (χ2v) is 6.82. The molecule has 1 N–H and O–H groups in total. The van der Waals surface area contributed by atoms with Gasteiger partial charge in [-0.25, -0.2) is 18.4 Å². The molecule has 19 heavy (non-hydrogen) atoms. The molecule has 1 aromatic heterocycles. The predicted molar refractivity (Wildman–Crippen MR) is 71.3 cm³/mol. The molecule has 0 amide bonds. The summed E-state index contributed by atoms with van der Waals surface area (Å²) in [5.41, 5.74) is 0. The molecule has 2 rings (SSSR count). The Kier molecular flexibility index (Phi) is 4.33. The number of aliphatic hydroxyl groups is 1. The maximum atomic E-state index is 12.1. The maximum Gasteiger partial charge on any atom is 0.225 e. The molecule has 1 aliphatic rings. The Morgan fingerprint density at radius 1 is 1.26 bits per heavy atom. The van der Waals surface area contributed by atoms with Crippen LogP contribution in [0.25, 0.3) is 0 Å². The van der Waals surface area contributed by atoms with Gasteiger partial charge in [-0.15, -0.1) is 0 Å². The Morgan fingerprint density at radius 3 is 2.37 bits per heavy atom. The maximum absolute atomic E-state index is 12.1. The number of sulfonamides is 1. The molecule has 1 fully saturated rings. The van der Waals surface area contributed by atoms with Crippen molar-refractivity contribution in [2.24, 2.45) is 0 Å². The Morgan fingerprint density at radius 2 is 1.84 bits per heavy atom. The number of aliphatic hydroxyl groups excluding tert-OH is 1. The molecule has 106 valence electrons. The van der Waals surface area contributed by atoms with Crippen molar-refractivity contribution in [1.82, 2.24) is 14.3 Å². The molecular weight excluding hydrogens is 268 g/mol. The lowest BCUT2D eigenvalue weighted by atomic mass is 10.4. The molecule has 1 aromatic rings. The summed E-state index contributed by atoms with van der Waals surface area (Å²) in [5.74, 6) is 0.620. The van der Waals surface area contributed by atoms with E-state index in [1.54, 1.807) is 18.5 Å². The van der Waals surface area contributed by atoms with Gasteiger partial charge in [-0.2, -0.15) is 4.31 Å². The first-order valence-corrected chi connectivity index (χ1v) is 7.68. The Labute approximate surface area is 112 Å². The molecule has 1 aliphatic heterocycles. The minimum Gasteiger partial charge on any atom is -0.395 e. The zero-order valence-corrected chi connectivity index (χ0v) is 11.6. The van der Waals surface area contributed by atoms with Crippen molar-refractivity contribution in [1.29, 1.82) is 0 Å². The van der Waals surface area contributed by atoms with Crippen LogP contribution in [0.4, 0.5) is 5.95 Å². The average molecular weight is 286 g/mol. The minimum absolute atomic E-state index is 0.357. The number of aromatic nitrogens is 2. The quantitative estimate of drug-likeness (QED) is 0.788. The van der Waals surface area contributed by atoms with E-state index < -0.39 is 15.3 Å². The summed E-state index contributed by atoms with van der Waals surface area (Å²) in [4.78, 5) is 10.2. The van der Waals surface area contributed by atoms with Crippen molar-refractivity contribution >= 4 is 16.0 Å². The molecule has 0 aliphatic carbocycles. The van der Waals surface area contributed by atoms with Gasteiger partial charge < -0.3 is 10.0 Å². The molecule has 0 saturated carbocycles. The van der Waals surface area contributed by atoms with Gasteiger partial charge in [0, 0.05) is 38.6 Å². The fraction of sp³-hybridized carbons (Fsp3) is 0.636. The highest BCUT2D eigenvalue weighted by molar-refractivity contribution is 7.89. The van der Waals surface area contributed by atoms with Crippen LogP contribution < -0.4 is 4.90 Å². The number of hydrogen-bond acceptors (Lipinski definition) is 6. The molecule has 0 spiro atoms. The first kappa shape index (κ1) is 14.2. The van der Waals surface area contributed by atoms with Crippen LogP contribution >= 0.6 is 0 Å². The van der Waals surface area contributed by atoms with Crippen molar-refractivity contribution in [3.63, 3.8) is 0 Å². The van der Waals surface area contributed by atoms with E-state index in [0.717, 1.165) is 0 Å². The standard InChI is InChI=1S/C11H18N4O3S/c1-10(9-16)19(17,18)15-7-5-14(6-8-15)11-12-3-2-4-13-11/h2-4,10,16H,5-9H2,1H3. The van der Waals surface area contributed by atoms with Gasteiger partial charge in [0.1, 0.15) is 0 Å². The van der Waals surface area contributed by atoms with Crippen LogP contribution in [0, 0.1) is 0 Å². The minimum atomic E-state index is -3.40. The van der Waals surface area contributed by atoms with Crippen LogP contribution in [-0.2, 0) is 10.0 Å². The van der Waals surface area contributed by atoms with Gasteiger partial charge in [0.05, 0.1) is 11.9 Å². The summed E-state index contributed by atoms with van der Waals surface area (Å²) in [6.45, 7) is 3.06. The SMILES string of the molecule is CC(CO)S(=O)(=O)N1CCN(c2ncccn2)CC1. The molecule has 7 nitrogen and oxygen atoms in total.